The Hall–Kier alpha value is -1.67. The van der Waals surface area contributed by atoms with Crippen molar-refractivity contribution in [3.05, 3.63) is 30.4 Å². The first-order chi connectivity index (χ1) is 7.45. The van der Waals surface area contributed by atoms with Gasteiger partial charge in [-0.25, -0.2) is 13.6 Å². The number of aromatic nitrogens is 4. The van der Waals surface area contributed by atoms with Gasteiger partial charge in [-0.3, -0.25) is 9.36 Å². The van der Waals surface area contributed by atoms with Crippen molar-refractivity contribution >= 4 is 10.0 Å². The number of nitrogens with two attached hydrogens (primary N) is 1. The zero-order valence-electron chi connectivity index (χ0n) is 8.61. The fourth-order valence-electron chi connectivity index (χ4n) is 1.29. The van der Waals surface area contributed by atoms with Gasteiger partial charge in [0.25, 0.3) is 0 Å². The van der Waals surface area contributed by atoms with Crippen molar-refractivity contribution in [1.82, 2.24) is 19.6 Å². The first-order valence-corrected chi connectivity index (χ1v) is 6.03. The molecule has 0 radical (unpaired) electrons. The molecule has 0 aliphatic heterocycles. The van der Waals surface area contributed by atoms with Crippen molar-refractivity contribution in [3.63, 3.8) is 0 Å². The molecule has 0 fully saturated rings. The Kier molecular flexibility index (Phi) is 2.52. The van der Waals surface area contributed by atoms with E-state index in [4.69, 9.17) is 5.14 Å². The summed E-state index contributed by atoms with van der Waals surface area (Å²) >= 11 is 0. The van der Waals surface area contributed by atoms with Crippen molar-refractivity contribution in [1.29, 1.82) is 0 Å². The second-order valence-electron chi connectivity index (χ2n) is 3.40. The van der Waals surface area contributed by atoms with Crippen LogP contribution >= 0.6 is 0 Å². The van der Waals surface area contributed by atoms with Gasteiger partial charge in [-0.05, 0) is 6.07 Å². The Morgan fingerprint density at radius 2 is 2.25 bits per heavy atom. The van der Waals surface area contributed by atoms with Crippen LogP contribution in [0.2, 0.25) is 0 Å². The number of primary sulfonamides is 1. The minimum Gasteiger partial charge on any atom is -0.275 e. The van der Waals surface area contributed by atoms with E-state index in [0.29, 0.717) is 6.54 Å². The van der Waals surface area contributed by atoms with Gasteiger partial charge in [-0.2, -0.15) is 10.2 Å². The molecule has 0 aromatic carbocycles. The van der Waals surface area contributed by atoms with E-state index in [1.807, 2.05) is 13.1 Å². The van der Waals surface area contributed by atoms with Crippen molar-refractivity contribution in [2.24, 2.45) is 12.2 Å². The van der Waals surface area contributed by atoms with E-state index in [-0.39, 0.29) is 4.90 Å². The molecule has 86 valence electrons. The predicted molar refractivity (Wildman–Crippen MR) is 55.9 cm³/mol. The predicted octanol–water partition coefficient (Wildman–Crippen LogP) is -0.688. The van der Waals surface area contributed by atoms with E-state index in [9.17, 15) is 8.42 Å². The van der Waals surface area contributed by atoms with Gasteiger partial charge >= 0.3 is 0 Å². The molecule has 0 saturated heterocycles. The summed E-state index contributed by atoms with van der Waals surface area (Å²) in [5, 5.41) is 13.0. The highest BCUT2D eigenvalue weighted by atomic mass is 32.2. The van der Waals surface area contributed by atoms with E-state index in [0.717, 1.165) is 5.69 Å². The summed E-state index contributed by atoms with van der Waals surface area (Å²) in [7, 11) is -1.87. The molecule has 0 saturated carbocycles. The quantitative estimate of drug-likeness (QED) is 0.769. The first-order valence-electron chi connectivity index (χ1n) is 4.49. The standard InChI is InChI=1S/C8H11N5O2S/c1-12-3-2-7(11-12)5-13-6-8(4-10-13)16(9,14)15/h2-4,6H,5H2,1H3,(H2,9,14,15). The number of rotatable bonds is 3. The second-order valence-corrected chi connectivity index (χ2v) is 4.96. The lowest BCUT2D eigenvalue weighted by Gasteiger charge is -1.96. The molecule has 2 aromatic heterocycles. The average molecular weight is 241 g/mol. The second kappa shape index (κ2) is 3.72. The van der Waals surface area contributed by atoms with Gasteiger partial charge in [0.2, 0.25) is 10.0 Å². The fraction of sp³-hybridized carbons (Fsp3) is 0.250. The molecule has 2 rings (SSSR count). The average Bonchev–Trinajstić information content (AvgIpc) is 2.74. The zero-order valence-corrected chi connectivity index (χ0v) is 9.42. The van der Waals surface area contributed by atoms with E-state index in [1.165, 1.54) is 17.1 Å². The van der Waals surface area contributed by atoms with Crippen LogP contribution in [-0.4, -0.2) is 28.0 Å². The van der Waals surface area contributed by atoms with Crippen LogP contribution < -0.4 is 5.14 Å². The van der Waals surface area contributed by atoms with Gasteiger partial charge in [0.1, 0.15) is 4.90 Å². The molecule has 2 heterocycles. The zero-order chi connectivity index (χ0) is 11.8. The van der Waals surface area contributed by atoms with E-state index in [1.54, 1.807) is 10.9 Å². The van der Waals surface area contributed by atoms with Crippen LogP contribution in [0, 0.1) is 0 Å². The third kappa shape index (κ3) is 2.28. The Balaban J connectivity index is 2.21. The topological polar surface area (TPSA) is 95.8 Å². The van der Waals surface area contributed by atoms with Crippen LogP contribution in [0.4, 0.5) is 0 Å². The van der Waals surface area contributed by atoms with Gasteiger partial charge in [0, 0.05) is 19.4 Å². The molecular formula is C8H11N5O2S. The number of hydrogen-bond donors (Lipinski definition) is 1. The van der Waals surface area contributed by atoms with Gasteiger partial charge in [-0.15, -0.1) is 0 Å². The summed E-state index contributed by atoms with van der Waals surface area (Å²) in [6.07, 6.45) is 4.40. The number of aryl methyl sites for hydroxylation is 1. The summed E-state index contributed by atoms with van der Waals surface area (Å²) in [6, 6.07) is 1.83. The molecule has 7 nitrogen and oxygen atoms in total. The molecular weight excluding hydrogens is 230 g/mol. The lowest BCUT2D eigenvalue weighted by Crippen LogP contribution is -2.11. The molecule has 0 spiro atoms. The van der Waals surface area contributed by atoms with Crippen molar-refractivity contribution in [2.75, 3.05) is 0 Å². The third-order valence-corrected chi connectivity index (χ3v) is 2.90. The molecule has 0 atom stereocenters. The Morgan fingerprint density at radius 3 is 2.75 bits per heavy atom. The van der Waals surface area contributed by atoms with Crippen LogP contribution in [-0.2, 0) is 23.6 Å². The highest BCUT2D eigenvalue weighted by molar-refractivity contribution is 7.89. The molecule has 0 amide bonds. The SMILES string of the molecule is Cn1ccc(Cn2cc(S(N)(=O)=O)cn2)n1. The summed E-state index contributed by atoms with van der Waals surface area (Å²) in [5.41, 5.74) is 0.798. The normalized spacial score (nSPS) is 11.9. The van der Waals surface area contributed by atoms with Crippen molar-refractivity contribution in [3.8, 4) is 0 Å². The van der Waals surface area contributed by atoms with Crippen LogP contribution in [0.25, 0.3) is 0 Å². The highest BCUT2D eigenvalue weighted by Gasteiger charge is 2.10. The lowest BCUT2D eigenvalue weighted by atomic mass is 10.4. The third-order valence-electron chi connectivity index (χ3n) is 2.03. The van der Waals surface area contributed by atoms with Gasteiger partial charge in [0.15, 0.2) is 0 Å². The molecule has 0 aliphatic carbocycles. The van der Waals surface area contributed by atoms with Crippen molar-refractivity contribution < 1.29 is 8.42 Å². The smallest absolute Gasteiger partial charge is 0.241 e. The van der Waals surface area contributed by atoms with Gasteiger partial charge < -0.3 is 0 Å². The minimum absolute atomic E-state index is 0.00318. The maximum atomic E-state index is 11.0. The van der Waals surface area contributed by atoms with Gasteiger partial charge in [-0.1, -0.05) is 0 Å². The number of nitrogens with zero attached hydrogens (tertiary/aromatic N) is 4. The Bertz CT molecular complexity index is 597. The summed E-state index contributed by atoms with van der Waals surface area (Å²) in [4.78, 5) is 0.00318. The van der Waals surface area contributed by atoms with Crippen LogP contribution in [0.15, 0.2) is 29.6 Å². The van der Waals surface area contributed by atoms with E-state index < -0.39 is 10.0 Å². The number of sulfonamides is 1. The summed E-state index contributed by atoms with van der Waals surface area (Å²) in [5.74, 6) is 0. The largest absolute Gasteiger partial charge is 0.275 e. The molecule has 0 aliphatic rings. The van der Waals surface area contributed by atoms with Crippen molar-refractivity contribution in [2.45, 2.75) is 11.4 Å². The fourth-order valence-corrected chi connectivity index (χ4v) is 1.75. The lowest BCUT2D eigenvalue weighted by molar-refractivity contribution is 0.597. The highest BCUT2D eigenvalue weighted by Crippen LogP contribution is 2.05. The van der Waals surface area contributed by atoms with Crippen LogP contribution in [0.5, 0.6) is 0 Å². The van der Waals surface area contributed by atoms with Crippen LogP contribution in [0.3, 0.4) is 0 Å². The maximum Gasteiger partial charge on any atom is 0.241 e. The van der Waals surface area contributed by atoms with Gasteiger partial charge in [0.05, 0.1) is 18.4 Å². The molecule has 0 bridgehead atoms. The molecule has 2 aromatic rings. The Morgan fingerprint density at radius 1 is 1.50 bits per heavy atom. The Labute approximate surface area is 92.5 Å². The van der Waals surface area contributed by atoms with E-state index >= 15 is 0 Å². The summed E-state index contributed by atoms with van der Waals surface area (Å²) < 4.78 is 25.2. The van der Waals surface area contributed by atoms with Crippen LogP contribution in [0.1, 0.15) is 5.69 Å². The minimum atomic E-state index is -3.68. The first kappa shape index (κ1) is 10.8. The maximum absolute atomic E-state index is 11.0. The number of hydrogen-bond acceptors (Lipinski definition) is 4. The molecule has 2 N–H and O–H groups in total. The molecule has 0 unspecified atom stereocenters. The monoisotopic (exact) mass is 241 g/mol. The summed E-state index contributed by atoms with van der Waals surface area (Å²) in [6.45, 7) is 0.413. The molecule has 16 heavy (non-hydrogen) atoms. The van der Waals surface area contributed by atoms with E-state index in [2.05, 4.69) is 10.2 Å². The molecule has 8 heteroatoms.